The largest absolute Gasteiger partial charge is 0.481 e. The molecule has 3 N–H and O–H groups in total. The van der Waals surface area contributed by atoms with Crippen LogP contribution in [0.25, 0.3) is 11.1 Å². The van der Waals surface area contributed by atoms with E-state index in [-0.39, 0.29) is 12.5 Å². The third-order valence-corrected chi connectivity index (χ3v) is 7.33. The van der Waals surface area contributed by atoms with Gasteiger partial charge in [-0.2, -0.15) is 0 Å². The Hall–Kier alpha value is -3.35. The summed E-state index contributed by atoms with van der Waals surface area (Å²) in [6.07, 6.45) is 1.33. The first-order chi connectivity index (χ1) is 16.5. The van der Waals surface area contributed by atoms with Gasteiger partial charge in [0.05, 0.1) is 11.0 Å². The number of alkyl carbamates (subject to hydrolysis) is 1. The van der Waals surface area contributed by atoms with Gasteiger partial charge in [0.2, 0.25) is 5.91 Å². The fourth-order valence-corrected chi connectivity index (χ4v) is 4.28. The Kier molecular flexibility index (Phi) is 7.88. The summed E-state index contributed by atoms with van der Waals surface area (Å²) in [4.78, 5) is 37.6. The average molecular weight is 481 g/mol. The van der Waals surface area contributed by atoms with Crippen molar-refractivity contribution < 1.29 is 24.2 Å². The van der Waals surface area contributed by atoms with Gasteiger partial charge in [0.1, 0.15) is 12.6 Å². The first kappa shape index (κ1) is 26.3. The maximum atomic E-state index is 13.1. The normalized spacial score (nSPS) is 14.0. The molecule has 1 aliphatic carbocycles. The van der Waals surface area contributed by atoms with Crippen molar-refractivity contribution in [3.8, 4) is 11.1 Å². The number of fused-ring (bicyclic) bond motifs is 3. The third kappa shape index (κ3) is 5.50. The minimum atomic E-state index is -1.21. The van der Waals surface area contributed by atoms with Crippen molar-refractivity contribution in [3.05, 3.63) is 59.7 Å². The van der Waals surface area contributed by atoms with Crippen LogP contribution in [0, 0.1) is 5.41 Å². The second-order valence-electron chi connectivity index (χ2n) is 10.2. The van der Waals surface area contributed by atoms with Gasteiger partial charge in [0.15, 0.2) is 0 Å². The molecular weight excluding hydrogens is 444 g/mol. The van der Waals surface area contributed by atoms with E-state index in [9.17, 15) is 19.5 Å². The van der Waals surface area contributed by atoms with E-state index in [4.69, 9.17) is 4.74 Å². The van der Waals surface area contributed by atoms with Gasteiger partial charge in [-0.05, 0) is 56.4 Å². The first-order valence-corrected chi connectivity index (χ1v) is 12.2. The zero-order chi connectivity index (χ0) is 25.8. The Balaban J connectivity index is 1.68. The second-order valence-corrected chi connectivity index (χ2v) is 10.2. The Morgan fingerprint density at radius 3 is 2.03 bits per heavy atom. The third-order valence-electron chi connectivity index (χ3n) is 7.33. The highest BCUT2D eigenvalue weighted by atomic mass is 16.5. The van der Waals surface area contributed by atoms with Crippen molar-refractivity contribution in [2.45, 2.75) is 71.4 Å². The number of hydrogen-bond acceptors (Lipinski definition) is 4. The molecule has 1 aliphatic rings. The topological polar surface area (TPSA) is 105 Å². The molecule has 0 heterocycles. The number of ether oxygens (including phenoxy) is 1. The summed E-state index contributed by atoms with van der Waals surface area (Å²) in [5.74, 6) is -1.52. The van der Waals surface area contributed by atoms with Gasteiger partial charge in [0.25, 0.3) is 0 Å². The molecule has 0 bridgehead atoms. The van der Waals surface area contributed by atoms with Gasteiger partial charge in [-0.25, -0.2) is 4.79 Å². The summed E-state index contributed by atoms with van der Waals surface area (Å²) in [7, 11) is 0. The van der Waals surface area contributed by atoms with Crippen molar-refractivity contribution in [1.82, 2.24) is 10.6 Å². The van der Waals surface area contributed by atoms with Crippen molar-refractivity contribution >= 4 is 18.0 Å². The lowest BCUT2D eigenvalue weighted by molar-refractivity contribution is -0.152. The average Bonchev–Trinajstić information content (AvgIpc) is 3.13. The van der Waals surface area contributed by atoms with E-state index < -0.39 is 35.0 Å². The van der Waals surface area contributed by atoms with Crippen molar-refractivity contribution in [3.63, 3.8) is 0 Å². The Morgan fingerprint density at radius 2 is 1.51 bits per heavy atom. The molecule has 188 valence electrons. The van der Waals surface area contributed by atoms with Crippen LogP contribution in [-0.4, -0.2) is 41.3 Å². The molecule has 0 aliphatic heterocycles. The number of nitrogens with one attached hydrogen (secondary N) is 2. The molecular formula is C28H36N2O5. The van der Waals surface area contributed by atoms with Crippen LogP contribution < -0.4 is 10.6 Å². The number of amides is 2. The molecule has 0 unspecified atom stereocenters. The smallest absolute Gasteiger partial charge is 0.407 e. The quantitative estimate of drug-likeness (QED) is 0.439. The van der Waals surface area contributed by atoms with Crippen LogP contribution in [-0.2, 0) is 14.3 Å². The zero-order valence-corrected chi connectivity index (χ0v) is 21.2. The van der Waals surface area contributed by atoms with Gasteiger partial charge in [0, 0.05) is 5.92 Å². The van der Waals surface area contributed by atoms with E-state index in [1.54, 1.807) is 27.7 Å². The molecule has 2 aromatic carbocycles. The maximum Gasteiger partial charge on any atom is 0.407 e. The van der Waals surface area contributed by atoms with Crippen molar-refractivity contribution in [2.75, 3.05) is 6.61 Å². The van der Waals surface area contributed by atoms with Gasteiger partial charge >= 0.3 is 12.1 Å². The van der Waals surface area contributed by atoms with Crippen LogP contribution in [0.3, 0.4) is 0 Å². The van der Waals surface area contributed by atoms with Gasteiger partial charge in [-0.1, -0.05) is 68.3 Å². The summed E-state index contributed by atoms with van der Waals surface area (Å²) in [5, 5.41) is 15.1. The van der Waals surface area contributed by atoms with E-state index in [1.807, 2.05) is 43.3 Å². The van der Waals surface area contributed by atoms with E-state index in [0.717, 1.165) is 35.1 Å². The lowest BCUT2D eigenvalue weighted by Gasteiger charge is -2.39. The summed E-state index contributed by atoms with van der Waals surface area (Å²) < 4.78 is 5.61. The predicted octanol–water partition coefficient (Wildman–Crippen LogP) is 5.09. The van der Waals surface area contributed by atoms with Gasteiger partial charge < -0.3 is 20.5 Å². The van der Waals surface area contributed by atoms with Gasteiger partial charge in [-0.15, -0.1) is 0 Å². The molecule has 0 radical (unpaired) electrons. The Labute approximate surface area is 207 Å². The zero-order valence-electron chi connectivity index (χ0n) is 21.2. The van der Waals surface area contributed by atoms with E-state index in [1.165, 1.54) is 0 Å². The molecule has 0 spiro atoms. The van der Waals surface area contributed by atoms with Gasteiger partial charge in [-0.3, -0.25) is 9.59 Å². The first-order valence-electron chi connectivity index (χ1n) is 12.2. The second kappa shape index (κ2) is 10.5. The highest BCUT2D eigenvalue weighted by Gasteiger charge is 2.45. The summed E-state index contributed by atoms with van der Waals surface area (Å²) in [6.45, 7) is 8.62. The summed E-state index contributed by atoms with van der Waals surface area (Å²) in [6, 6.07) is 15.3. The number of benzene rings is 2. The fraction of sp³-hybridized carbons (Fsp3) is 0.464. The van der Waals surface area contributed by atoms with E-state index >= 15 is 0 Å². The fourth-order valence-electron chi connectivity index (χ4n) is 4.28. The predicted molar refractivity (Wildman–Crippen MR) is 135 cm³/mol. The SMILES string of the molecule is CCCC[C@H](NC(=O)OCC1c2ccccc2-c2ccccc21)C(=O)NC(C)(C)C(C)(C)C(=O)O. The number of hydrogen-bond donors (Lipinski definition) is 3. The minimum Gasteiger partial charge on any atom is -0.481 e. The number of rotatable bonds is 10. The number of unbranched alkanes of at least 4 members (excludes halogenated alkanes) is 1. The number of aliphatic carboxylic acids is 1. The highest BCUT2D eigenvalue weighted by molar-refractivity contribution is 5.87. The Bertz CT molecular complexity index is 1050. The minimum absolute atomic E-state index is 0.0774. The molecule has 0 fully saturated rings. The van der Waals surface area contributed by atoms with Crippen LogP contribution in [0.15, 0.2) is 48.5 Å². The summed E-state index contributed by atoms with van der Waals surface area (Å²) in [5.41, 5.74) is 2.25. The lowest BCUT2D eigenvalue weighted by Crippen LogP contribution is -2.60. The Morgan fingerprint density at radius 1 is 0.971 bits per heavy atom. The highest BCUT2D eigenvalue weighted by Crippen LogP contribution is 2.44. The van der Waals surface area contributed by atoms with Crippen LogP contribution in [0.5, 0.6) is 0 Å². The number of carbonyl (C=O) groups is 3. The number of carboxylic acids is 1. The monoisotopic (exact) mass is 480 g/mol. The molecule has 3 rings (SSSR count). The van der Waals surface area contributed by atoms with Crippen LogP contribution >= 0.6 is 0 Å². The summed E-state index contributed by atoms with van der Waals surface area (Å²) >= 11 is 0. The molecule has 0 saturated heterocycles. The maximum absolute atomic E-state index is 13.1. The number of carbonyl (C=O) groups excluding carboxylic acids is 2. The van der Waals surface area contributed by atoms with Crippen molar-refractivity contribution in [1.29, 1.82) is 0 Å². The molecule has 0 aromatic heterocycles. The van der Waals surface area contributed by atoms with Crippen molar-refractivity contribution in [2.24, 2.45) is 5.41 Å². The van der Waals surface area contributed by atoms with Crippen LogP contribution in [0.2, 0.25) is 0 Å². The number of carboxylic acid groups (broad SMARTS) is 1. The lowest BCUT2D eigenvalue weighted by atomic mass is 9.74. The molecule has 35 heavy (non-hydrogen) atoms. The molecule has 7 heteroatoms. The van der Waals surface area contributed by atoms with E-state index in [2.05, 4.69) is 22.8 Å². The molecule has 7 nitrogen and oxygen atoms in total. The molecule has 1 atom stereocenters. The molecule has 2 amide bonds. The molecule has 0 saturated carbocycles. The standard InChI is InChI=1S/C28H36N2O5/c1-6-7-16-23(24(31)30-28(4,5)27(2,3)25(32)33)29-26(34)35-17-22-20-14-10-8-12-18(20)19-13-9-11-15-21(19)22/h8-15,22-23H,6-7,16-17H2,1-5H3,(H,29,34)(H,30,31)(H,32,33)/t23-/m0/s1. The van der Waals surface area contributed by atoms with Crippen LogP contribution in [0.4, 0.5) is 4.79 Å². The molecule has 2 aromatic rings. The van der Waals surface area contributed by atoms with Crippen LogP contribution in [0.1, 0.15) is 70.9 Å². The van der Waals surface area contributed by atoms with E-state index in [0.29, 0.717) is 6.42 Å².